The van der Waals surface area contributed by atoms with Gasteiger partial charge in [0.05, 0.1) is 0 Å². The third-order valence-electron chi connectivity index (χ3n) is 1.48. The Morgan fingerprint density at radius 3 is 2.67 bits per heavy atom. The molecule has 0 amide bonds. The Morgan fingerprint density at radius 2 is 2.44 bits per heavy atom. The van der Waals surface area contributed by atoms with E-state index >= 15 is 0 Å². The molecule has 0 aromatic rings. The van der Waals surface area contributed by atoms with Crippen molar-refractivity contribution in [3.05, 3.63) is 0 Å². The summed E-state index contributed by atoms with van der Waals surface area (Å²) in [5, 5.41) is 11.5. The Bertz CT molecular complexity index is 122. The maximum atomic E-state index is 7.22. The monoisotopic (exact) mass is 144 g/mol. The van der Waals surface area contributed by atoms with Gasteiger partial charge in [0.1, 0.15) is 0 Å². The van der Waals surface area contributed by atoms with Crippen LogP contribution < -0.4 is 5.32 Å². The quantitative estimate of drug-likeness (QED) is 0.581. The molecular weight excluding hydrogens is 132 g/mol. The van der Waals surface area contributed by atoms with E-state index in [2.05, 4.69) is 19.2 Å². The highest BCUT2D eigenvalue weighted by Gasteiger charge is 2.21. The molecule has 2 nitrogen and oxygen atoms in total. The molecule has 0 spiro atoms. The van der Waals surface area contributed by atoms with E-state index < -0.39 is 0 Å². The van der Waals surface area contributed by atoms with Crippen LogP contribution in [0.25, 0.3) is 0 Å². The van der Waals surface area contributed by atoms with Crippen molar-refractivity contribution in [2.24, 2.45) is 5.92 Å². The highest BCUT2D eigenvalue weighted by Crippen LogP contribution is 2.23. The van der Waals surface area contributed by atoms with Crippen molar-refractivity contribution < 1.29 is 0 Å². The maximum absolute atomic E-state index is 7.22. The summed E-state index contributed by atoms with van der Waals surface area (Å²) in [6, 6.07) is 0. The number of hydrogen-bond acceptors (Lipinski definition) is 2. The fraction of sp³-hybridized carbons (Fsp3) is 0.833. The Kier molecular flexibility index (Phi) is 2.01. The van der Waals surface area contributed by atoms with Crippen molar-refractivity contribution in [3.8, 4) is 0 Å². The molecule has 0 unspecified atom stereocenters. The number of rotatable bonds is 1. The molecular formula is C6H12N2S. The van der Waals surface area contributed by atoms with Gasteiger partial charge in [-0.25, -0.2) is 0 Å². The zero-order chi connectivity index (χ0) is 6.85. The molecule has 1 rings (SSSR count). The van der Waals surface area contributed by atoms with Crippen LogP contribution >= 0.6 is 11.8 Å². The van der Waals surface area contributed by atoms with Crippen molar-refractivity contribution in [3.63, 3.8) is 0 Å². The lowest BCUT2D eigenvalue weighted by Crippen LogP contribution is -2.18. The van der Waals surface area contributed by atoms with E-state index in [4.69, 9.17) is 5.41 Å². The molecule has 0 bridgehead atoms. The summed E-state index contributed by atoms with van der Waals surface area (Å²) in [6.07, 6.45) is 0. The van der Waals surface area contributed by atoms with Crippen LogP contribution in [-0.2, 0) is 0 Å². The molecule has 9 heavy (non-hydrogen) atoms. The molecule has 0 aliphatic carbocycles. The highest BCUT2D eigenvalue weighted by molar-refractivity contribution is 8.14. The van der Waals surface area contributed by atoms with Crippen molar-refractivity contribution in [1.29, 1.82) is 5.41 Å². The van der Waals surface area contributed by atoms with Gasteiger partial charge in [0.25, 0.3) is 0 Å². The third-order valence-corrected chi connectivity index (χ3v) is 2.87. The smallest absolute Gasteiger partial charge is 0.154 e. The minimum absolute atomic E-state index is 0.623. The first-order chi connectivity index (χ1) is 4.20. The maximum Gasteiger partial charge on any atom is 0.154 e. The fourth-order valence-electron chi connectivity index (χ4n) is 0.800. The molecule has 1 aliphatic heterocycles. The minimum atomic E-state index is 0.623. The van der Waals surface area contributed by atoms with E-state index in [1.54, 1.807) is 11.8 Å². The second-order valence-electron chi connectivity index (χ2n) is 2.61. The van der Waals surface area contributed by atoms with Gasteiger partial charge in [0, 0.05) is 11.8 Å². The minimum Gasteiger partial charge on any atom is -0.364 e. The Labute approximate surface area is 59.9 Å². The van der Waals surface area contributed by atoms with Crippen molar-refractivity contribution in [2.75, 3.05) is 6.54 Å². The van der Waals surface area contributed by atoms with Gasteiger partial charge in [0.15, 0.2) is 5.17 Å². The first-order valence-corrected chi connectivity index (χ1v) is 4.07. The normalized spacial score (nSPS) is 27.0. The molecule has 0 saturated carbocycles. The van der Waals surface area contributed by atoms with Crippen LogP contribution in [0.1, 0.15) is 13.8 Å². The Hall–Kier alpha value is -0.180. The summed E-state index contributed by atoms with van der Waals surface area (Å²) in [6.45, 7) is 5.36. The molecule has 1 saturated heterocycles. The van der Waals surface area contributed by atoms with Crippen molar-refractivity contribution >= 4 is 16.9 Å². The molecule has 1 aliphatic rings. The van der Waals surface area contributed by atoms with E-state index in [0.717, 1.165) is 6.54 Å². The van der Waals surface area contributed by atoms with Gasteiger partial charge in [0.2, 0.25) is 0 Å². The van der Waals surface area contributed by atoms with Gasteiger partial charge in [-0.2, -0.15) is 0 Å². The third kappa shape index (κ3) is 1.61. The second-order valence-corrected chi connectivity index (χ2v) is 3.86. The molecule has 1 atom stereocenters. The molecule has 1 fully saturated rings. The van der Waals surface area contributed by atoms with Crippen LogP contribution in [0.15, 0.2) is 0 Å². The zero-order valence-electron chi connectivity index (χ0n) is 5.77. The largest absolute Gasteiger partial charge is 0.364 e. The lowest BCUT2D eigenvalue weighted by atomic mass is 10.1. The molecule has 52 valence electrons. The fourth-order valence-corrected chi connectivity index (χ4v) is 1.71. The lowest BCUT2D eigenvalue weighted by molar-refractivity contribution is 0.607. The van der Waals surface area contributed by atoms with Crippen molar-refractivity contribution in [1.82, 2.24) is 5.32 Å². The molecule has 0 aromatic heterocycles. The van der Waals surface area contributed by atoms with Crippen LogP contribution in [-0.4, -0.2) is 17.0 Å². The molecule has 2 N–H and O–H groups in total. The van der Waals surface area contributed by atoms with E-state index in [-0.39, 0.29) is 0 Å². The van der Waals surface area contributed by atoms with E-state index in [1.807, 2.05) is 0 Å². The van der Waals surface area contributed by atoms with Gasteiger partial charge in [-0.15, -0.1) is 0 Å². The molecule has 0 radical (unpaired) electrons. The molecule has 0 aromatic carbocycles. The van der Waals surface area contributed by atoms with Gasteiger partial charge >= 0.3 is 0 Å². The standard InChI is InChI=1S/C6H12N2S/c1-4(2)5-3-8-6(7)9-5/h4-5H,3H2,1-2H3,(H2,7,8)/t5-/m1/s1. The first-order valence-electron chi connectivity index (χ1n) is 3.19. The average Bonchev–Trinajstić information content (AvgIpc) is 2.14. The van der Waals surface area contributed by atoms with Gasteiger partial charge in [-0.05, 0) is 5.92 Å². The summed E-state index contributed by atoms with van der Waals surface area (Å²) in [4.78, 5) is 0. The average molecular weight is 144 g/mol. The van der Waals surface area contributed by atoms with E-state index in [9.17, 15) is 0 Å². The van der Waals surface area contributed by atoms with Gasteiger partial charge in [-0.1, -0.05) is 25.6 Å². The summed E-state index contributed by atoms with van der Waals surface area (Å²) in [7, 11) is 0. The second kappa shape index (κ2) is 2.60. The van der Waals surface area contributed by atoms with Crippen LogP contribution in [0.3, 0.4) is 0 Å². The van der Waals surface area contributed by atoms with Crippen LogP contribution in [0.4, 0.5) is 0 Å². The van der Waals surface area contributed by atoms with E-state index in [0.29, 0.717) is 16.3 Å². The number of thioether (sulfide) groups is 1. The summed E-state index contributed by atoms with van der Waals surface area (Å²) < 4.78 is 0. The van der Waals surface area contributed by atoms with E-state index in [1.165, 1.54) is 0 Å². The number of hydrogen-bond donors (Lipinski definition) is 2. The zero-order valence-corrected chi connectivity index (χ0v) is 6.59. The summed E-state index contributed by atoms with van der Waals surface area (Å²) in [5.74, 6) is 0.686. The van der Waals surface area contributed by atoms with Crippen LogP contribution in [0, 0.1) is 11.3 Å². The Morgan fingerprint density at radius 1 is 1.78 bits per heavy atom. The van der Waals surface area contributed by atoms with Gasteiger partial charge < -0.3 is 5.32 Å². The Balaban J connectivity index is 2.39. The molecule has 1 heterocycles. The predicted molar refractivity (Wildman–Crippen MR) is 41.9 cm³/mol. The van der Waals surface area contributed by atoms with Gasteiger partial charge in [-0.3, -0.25) is 5.41 Å². The topological polar surface area (TPSA) is 35.9 Å². The first kappa shape index (κ1) is 6.93. The van der Waals surface area contributed by atoms with Crippen LogP contribution in [0.2, 0.25) is 0 Å². The summed E-state index contributed by atoms with van der Waals surface area (Å²) in [5.41, 5.74) is 0. The van der Waals surface area contributed by atoms with Crippen molar-refractivity contribution in [2.45, 2.75) is 19.1 Å². The predicted octanol–water partition coefficient (Wildman–Crippen LogP) is 1.28. The SMILES string of the molecule is CC(C)[C@H]1CNC(=N)S1. The number of nitrogens with one attached hydrogen (secondary N) is 2. The number of amidine groups is 1. The highest BCUT2D eigenvalue weighted by atomic mass is 32.2. The molecule has 3 heteroatoms. The lowest BCUT2D eigenvalue weighted by Gasteiger charge is -2.08. The summed E-state index contributed by atoms with van der Waals surface area (Å²) >= 11 is 1.65. The van der Waals surface area contributed by atoms with Crippen LogP contribution in [0.5, 0.6) is 0 Å².